The van der Waals surface area contributed by atoms with Crippen molar-refractivity contribution in [2.75, 3.05) is 0 Å². The van der Waals surface area contributed by atoms with Crippen molar-refractivity contribution in [2.24, 2.45) is 17.2 Å². The number of amides is 1. The number of nitrogens with zero attached hydrogens (tertiary/aromatic N) is 1. The van der Waals surface area contributed by atoms with Crippen molar-refractivity contribution in [1.82, 2.24) is 9.55 Å². The number of fused-ring (bicyclic) bond motifs is 1. The Kier molecular flexibility index (Phi) is 7.22. The number of carbonyl (C=O) groups is 1. The first-order valence-electron chi connectivity index (χ1n) is 9.12. The topological polar surface area (TPSA) is 116 Å². The molecule has 7 N–H and O–H groups in total. The average Bonchev–Trinajstić information content (AvgIpc) is 2.98. The molecular weight excluding hydrogens is 382 g/mol. The number of aromatic amines is 1. The van der Waals surface area contributed by atoms with Gasteiger partial charge in [0.2, 0.25) is 0 Å². The van der Waals surface area contributed by atoms with E-state index < -0.39 is 11.6 Å². The average molecular weight is 410 g/mol. The van der Waals surface area contributed by atoms with Crippen LogP contribution in [0.3, 0.4) is 0 Å². The van der Waals surface area contributed by atoms with Crippen molar-refractivity contribution in [3.05, 3.63) is 52.1 Å². The molecule has 1 heterocycles. The first kappa shape index (κ1) is 21.6. The number of benzene rings is 1. The Hall–Kier alpha value is -1.67. The summed E-state index contributed by atoms with van der Waals surface area (Å²) in [7, 11) is 0. The van der Waals surface area contributed by atoms with Crippen LogP contribution in [0.25, 0.3) is 0 Å². The fourth-order valence-electron chi connectivity index (χ4n) is 3.75. The maximum Gasteiger partial charge on any atom is 0.252 e. The molecule has 1 aromatic carbocycles. The second kappa shape index (κ2) is 9.01. The Balaban J connectivity index is 0.00000261. The molecular formula is C19H28ClN5OS. The molecule has 0 saturated carbocycles. The highest BCUT2D eigenvalue weighted by Gasteiger charge is 2.26. The van der Waals surface area contributed by atoms with Crippen LogP contribution in [0.15, 0.2) is 30.5 Å². The van der Waals surface area contributed by atoms with Crippen molar-refractivity contribution >= 4 is 30.5 Å². The van der Waals surface area contributed by atoms with Crippen LogP contribution < -0.4 is 17.2 Å². The van der Waals surface area contributed by atoms with E-state index in [0.717, 1.165) is 43.3 Å². The molecule has 1 atom stereocenters. The first-order valence-corrected chi connectivity index (χ1v) is 9.52. The Morgan fingerprint density at radius 3 is 2.67 bits per heavy atom. The molecule has 0 spiro atoms. The molecule has 1 aliphatic carbocycles. The van der Waals surface area contributed by atoms with Crippen molar-refractivity contribution in [3.8, 4) is 0 Å². The van der Waals surface area contributed by atoms with Gasteiger partial charge in [0.15, 0.2) is 4.77 Å². The molecule has 2 aromatic rings. The Labute approximate surface area is 170 Å². The number of imidazole rings is 1. The van der Waals surface area contributed by atoms with Crippen LogP contribution >= 0.6 is 24.6 Å². The van der Waals surface area contributed by atoms with Gasteiger partial charge in [0.1, 0.15) is 5.66 Å². The van der Waals surface area contributed by atoms with Crippen LogP contribution in [0, 0.1) is 4.77 Å². The van der Waals surface area contributed by atoms with E-state index in [0.29, 0.717) is 12.5 Å². The lowest BCUT2D eigenvalue weighted by Gasteiger charge is -2.27. The fourth-order valence-corrected chi connectivity index (χ4v) is 4.08. The number of H-pyrrole nitrogens is 1. The van der Waals surface area contributed by atoms with Gasteiger partial charge in [-0.2, -0.15) is 0 Å². The van der Waals surface area contributed by atoms with Gasteiger partial charge in [0, 0.05) is 17.9 Å². The van der Waals surface area contributed by atoms with Crippen molar-refractivity contribution < 1.29 is 4.79 Å². The summed E-state index contributed by atoms with van der Waals surface area (Å²) in [6.45, 7) is 0. The molecule has 148 valence electrons. The zero-order valence-electron chi connectivity index (χ0n) is 15.3. The van der Waals surface area contributed by atoms with E-state index in [9.17, 15) is 4.79 Å². The molecule has 6 nitrogen and oxygen atoms in total. The molecule has 0 saturated heterocycles. The van der Waals surface area contributed by atoms with Gasteiger partial charge in [-0.05, 0) is 68.3 Å². The quantitative estimate of drug-likeness (QED) is 0.319. The molecule has 1 aliphatic rings. The van der Waals surface area contributed by atoms with Gasteiger partial charge in [-0.25, -0.2) is 0 Å². The lowest BCUT2D eigenvalue weighted by Crippen LogP contribution is -2.59. The summed E-state index contributed by atoms with van der Waals surface area (Å²) >= 11 is 5.53. The molecule has 1 unspecified atom stereocenters. The minimum absolute atomic E-state index is 0. The van der Waals surface area contributed by atoms with Gasteiger partial charge in [-0.1, -0.05) is 24.3 Å². The predicted molar refractivity (Wildman–Crippen MR) is 112 cm³/mol. The highest BCUT2D eigenvalue weighted by atomic mass is 35.5. The van der Waals surface area contributed by atoms with E-state index in [2.05, 4.69) is 33.8 Å². The van der Waals surface area contributed by atoms with Crippen molar-refractivity contribution in [3.63, 3.8) is 0 Å². The predicted octanol–water partition coefficient (Wildman–Crippen LogP) is 2.51. The molecule has 0 bridgehead atoms. The Bertz CT molecular complexity index is 845. The standard InChI is InChI=1S/C19H27N5OS.ClH/c20-17(25)19(21,22)10-4-3-7-16-12-23-18(26)24(16)15-9-8-13-5-1-2-6-14(13)11-15;/h1-2,5-6,12,15H,3-4,7-11,21-22H2,(H2,20,25)(H,23,26);1H. The monoisotopic (exact) mass is 409 g/mol. The third-order valence-electron chi connectivity index (χ3n) is 5.31. The molecule has 0 aliphatic heterocycles. The van der Waals surface area contributed by atoms with Gasteiger partial charge >= 0.3 is 0 Å². The Morgan fingerprint density at radius 2 is 1.96 bits per heavy atom. The van der Waals surface area contributed by atoms with Crippen LogP contribution in [-0.4, -0.2) is 21.1 Å². The smallest absolute Gasteiger partial charge is 0.252 e. The zero-order valence-corrected chi connectivity index (χ0v) is 17.0. The molecule has 0 radical (unpaired) electrons. The number of aryl methyl sites for hydroxylation is 2. The third kappa shape index (κ3) is 4.99. The molecule has 1 amide bonds. The van der Waals surface area contributed by atoms with Crippen LogP contribution in [0.2, 0.25) is 0 Å². The van der Waals surface area contributed by atoms with Gasteiger partial charge in [-0.3, -0.25) is 4.79 Å². The molecule has 3 rings (SSSR count). The van der Waals surface area contributed by atoms with Gasteiger partial charge < -0.3 is 26.8 Å². The normalized spacial score (nSPS) is 16.4. The summed E-state index contributed by atoms with van der Waals surface area (Å²) in [6.07, 6.45) is 8.02. The molecule has 1 aromatic heterocycles. The number of halogens is 1. The number of rotatable bonds is 7. The number of hydrogen-bond donors (Lipinski definition) is 4. The van der Waals surface area contributed by atoms with Gasteiger partial charge in [0.05, 0.1) is 0 Å². The van der Waals surface area contributed by atoms with Crippen LogP contribution in [0.4, 0.5) is 0 Å². The lowest BCUT2D eigenvalue weighted by molar-refractivity contribution is -0.123. The highest BCUT2D eigenvalue weighted by molar-refractivity contribution is 7.71. The summed E-state index contributed by atoms with van der Waals surface area (Å²) in [5, 5.41) is 0. The zero-order chi connectivity index (χ0) is 18.7. The minimum atomic E-state index is -1.43. The van der Waals surface area contributed by atoms with Crippen LogP contribution in [0.5, 0.6) is 0 Å². The highest BCUT2D eigenvalue weighted by Crippen LogP contribution is 2.30. The molecule has 8 heteroatoms. The Morgan fingerprint density at radius 1 is 1.26 bits per heavy atom. The number of carbonyl (C=O) groups excluding carboxylic acids is 1. The van der Waals surface area contributed by atoms with Gasteiger partial charge in [0.25, 0.3) is 5.91 Å². The van der Waals surface area contributed by atoms with E-state index in [-0.39, 0.29) is 12.4 Å². The summed E-state index contributed by atoms with van der Waals surface area (Å²) < 4.78 is 3.03. The third-order valence-corrected chi connectivity index (χ3v) is 5.62. The van der Waals surface area contributed by atoms with E-state index in [1.54, 1.807) is 0 Å². The summed E-state index contributed by atoms with van der Waals surface area (Å²) in [4.78, 5) is 14.4. The SMILES string of the molecule is Cl.NC(=O)C(N)(N)CCCCc1c[nH]c(=S)n1C1CCc2ccccc2C1. The lowest BCUT2D eigenvalue weighted by atomic mass is 9.88. The maximum atomic E-state index is 11.2. The number of nitrogens with one attached hydrogen (secondary N) is 1. The number of aromatic nitrogens is 2. The number of nitrogens with two attached hydrogens (primary N) is 3. The number of primary amides is 1. The largest absolute Gasteiger partial charge is 0.367 e. The first-order chi connectivity index (χ1) is 12.4. The summed E-state index contributed by atoms with van der Waals surface area (Å²) in [5.74, 6) is -0.664. The fraction of sp³-hybridized carbons (Fsp3) is 0.474. The molecule has 0 fully saturated rings. The second-order valence-electron chi connectivity index (χ2n) is 7.23. The van der Waals surface area contributed by atoms with Crippen molar-refractivity contribution in [2.45, 2.75) is 56.7 Å². The van der Waals surface area contributed by atoms with E-state index in [1.807, 2.05) is 6.20 Å². The van der Waals surface area contributed by atoms with Crippen LogP contribution in [-0.2, 0) is 24.1 Å². The minimum Gasteiger partial charge on any atom is -0.367 e. The van der Waals surface area contributed by atoms with Gasteiger partial charge in [-0.15, -0.1) is 12.4 Å². The second-order valence-corrected chi connectivity index (χ2v) is 7.62. The van der Waals surface area contributed by atoms with E-state index in [4.69, 9.17) is 29.4 Å². The summed E-state index contributed by atoms with van der Waals surface area (Å²) in [5.41, 5.74) is 19.3. The number of hydrogen-bond acceptors (Lipinski definition) is 4. The van der Waals surface area contributed by atoms with Crippen LogP contribution in [0.1, 0.15) is 48.5 Å². The van der Waals surface area contributed by atoms with Crippen molar-refractivity contribution in [1.29, 1.82) is 0 Å². The van der Waals surface area contributed by atoms with E-state index >= 15 is 0 Å². The summed E-state index contributed by atoms with van der Waals surface area (Å²) in [6, 6.07) is 9.01. The maximum absolute atomic E-state index is 11.2. The molecule has 27 heavy (non-hydrogen) atoms. The van der Waals surface area contributed by atoms with E-state index in [1.165, 1.54) is 16.8 Å². The number of unbranched alkanes of at least 4 members (excludes halogenated alkanes) is 1.